The lowest BCUT2D eigenvalue weighted by Gasteiger charge is -2.21. The largest absolute Gasteiger partial charge is 0.492 e. The molecule has 1 atom stereocenters. The van der Waals surface area contributed by atoms with Gasteiger partial charge >= 0.3 is 0 Å². The van der Waals surface area contributed by atoms with Crippen molar-refractivity contribution in [2.24, 2.45) is 0 Å². The molecule has 7 heteroatoms. The molecule has 0 saturated carbocycles. The number of rotatable bonds is 4. The zero-order valence-corrected chi connectivity index (χ0v) is 14.2. The zero-order valence-electron chi connectivity index (χ0n) is 13.4. The highest BCUT2D eigenvalue weighted by molar-refractivity contribution is 7.92. The first-order valence-corrected chi connectivity index (χ1v) is 9.28. The van der Waals surface area contributed by atoms with Gasteiger partial charge in [0.2, 0.25) is 15.9 Å². The lowest BCUT2D eigenvalue weighted by atomic mass is 10.0. The van der Waals surface area contributed by atoms with Crippen molar-refractivity contribution in [2.75, 3.05) is 29.5 Å². The number of hydrogen-bond donors (Lipinski definition) is 1. The lowest BCUT2D eigenvalue weighted by Crippen LogP contribution is -2.28. The van der Waals surface area contributed by atoms with Crippen LogP contribution in [0.4, 0.5) is 11.4 Å². The number of nitrogens with zero attached hydrogens (tertiary/aromatic N) is 1. The predicted molar refractivity (Wildman–Crippen MR) is 93.0 cm³/mol. The summed E-state index contributed by atoms with van der Waals surface area (Å²) in [6.45, 7) is 0.273. The monoisotopic (exact) mass is 346 g/mol. The third-order valence-corrected chi connectivity index (χ3v) is 5.21. The number of carbonyl (C=O) groups is 1. The van der Waals surface area contributed by atoms with Crippen LogP contribution in [0, 0.1) is 0 Å². The number of amides is 1. The zero-order chi connectivity index (χ0) is 17.3. The van der Waals surface area contributed by atoms with Gasteiger partial charge in [0.1, 0.15) is 18.3 Å². The summed E-state index contributed by atoms with van der Waals surface area (Å²) in [6, 6.07) is 14.2. The molecule has 3 rings (SSSR count). The molecule has 0 radical (unpaired) electrons. The van der Waals surface area contributed by atoms with Crippen LogP contribution >= 0.6 is 0 Å². The fourth-order valence-electron chi connectivity index (χ4n) is 2.63. The summed E-state index contributed by atoms with van der Waals surface area (Å²) in [7, 11) is -1.97. The fraction of sp³-hybridized carbons (Fsp3) is 0.235. The van der Waals surface area contributed by atoms with Gasteiger partial charge in [0, 0.05) is 12.6 Å². The van der Waals surface area contributed by atoms with E-state index >= 15 is 0 Å². The molecule has 126 valence electrons. The van der Waals surface area contributed by atoms with E-state index in [2.05, 4.69) is 5.32 Å². The maximum atomic E-state index is 12.6. The van der Waals surface area contributed by atoms with Crippen LogP contribution in [-0.4, -0.2) is 34.2 Å². The Bertz CT molecular complexity index is 880. The molecular weight excluding hydrogens is 328 g/mol. The van der Waals surface area contributed by atoms with Gasteiger partial charge in [0.15, 0.2) is 0 Å². The van der Waals surface area contributed by atoms with Crippen molar-refractivity contribution >= 4 is 27.3 Å². The van der Waals surface area contributed by atoms with Gasteiger partial charge < -0.3 is 10.1 Å². The van der Waals surface area contributed by atoms with E-state index in [-0.39, 0.29) is 12.5 Å². The van der Waals surface area contributed by atoms with Crippen LogP contribution in [0.5, 0.6) is 5.75 Å². The minimum absolute atomic E-state index is 0.227. The van der Waals surface area contributed by atoms with Crippen LogP contribution in [0.2, 0.25) is 0 Å². The number of hydrogen-bond acceptors (Lipinski definition) is 4. The second-order valence-electron chi connectivity index (χ2n) is 5.64. The minimum Gasteiger partial charge on any atom is -0.492 e. The quantitative estimate of drug-likeness (QED) is 0.921. The van der Waals surface area contributed by atoms with Gasteiger partial charge in [0.05, 0.1) is 17.6 Å². The summed E-state index contributed by atoms with van der Waals surface area (Å²) >= 11 is 0. The van der Waals surface area contributed by atoms with Crippen molar-refractivity contribution in [3.63, 3.8) is 0 Å². The Hall–Kier alpha value is -2.54. The fourth-order valence-corrected chi connectivity index (χ4v) is 3.15. The van der Waals surface area contributed by atoms with Gasteiger partial charge in [-0.2, -0.15) is 0 Å². The first kappa shape index (κ1) is 16.3. The molecule has 1 aliphatic rings. The summed E-state index contributed by atoms with van der Waals surface area (Å²) in [5, 5.41) is 2.82. The highest BCUT2D eigenvalue weighted by Gasteiger charge is 2.30. The van der Waals surface area contributed by atoms with E-state index < -0.39 is 15.9 Å². The van der Waals surface area contributed by atoms with Crippen LogP contribution < -0.4 is 14.4 Å². The second kappa shape index (κ2) is 6.16. The number of nitrogens with one attached hydrogen (secondary N) is 1. The highest BCUT2D eigenvalue weighted by atomic mass is 32.2. The van der Waals surface area contributed by atoms with Crippen molar-refractivity contribution in [3.8, 4) is 5.75 Å². The van der Waals surface area contributed by atoms with E-state index in [0.29, 0.717) is 17.1 Å². The highest BCUT2D eigenvalue weighted by Crippen LogP contribution is 2.35. The summed E-state index contributed by atoms with van der Waals surface area (Å²) in [6.07, 6.45) is 1.12. The van der Waals surface area contributed by atoms with Gasteiger partial charge in [-0.1, -0.05) is 30.3 Å². The van der Waals surface area contributed by atoms with Gasteiger partial charge in [0.25, 0.3) is 0 Å². The van der Waals surface area contributed by atoms with Gasteiger partial charge in [-0.05, 0) is 18.2 Å². The molecule has 1 amide bonds. The predicted octanol–water partition coefficient (Wildman–Crippen LogP) is 2.20. The van der Waals surface area contributed by atoms with E-state index in [0.717, 1.165) is 16.1 Å². The molecule has 1 heterocycles. The molecule has 24 heavy (non-hydrogen) atoms. The number of carbonyl (C=O) groups excluding carboxylic acids is 1. The molecule has 2 aromatic carbocycles. The third-order valence-electron chi connectivity index (χ3n) is 4.02. The molecule has 0 spiro atoms. The number of ether oxygens (including phenoxy) is 1. The Morgan fingerprint density at radius 1 is 1.17 bits per heavy atom. The maximum Gasteiger partial charge on any atom is 0.235 e. The first-order chi connectivity index (χ1) is 11.4. The number of sulfonamides is 1. The molecule has 1 aliphatic heterocycles. The number of para-hydroxylation sites is 3. The normalized spacial score (nSPS) is 16.2. The Morgan fingerprint density at radius 3 is 2.58 bits per heavy atom. The SMILES string of the molecule is CN(c1ccccc1NC(=O)[C@H]1COc2ccccc21)S(C)(=O)=O. The Morgan fingerprint density at radius 2 is 1.83 bits per heavy atom. The van der Waals surface area contributed by atoms with Crippen molar-refractivity contribution in [1.29, 1.82) is 0 Å². The number of anilines is 2. The molecule has 1 N–H and O–H groups in total. The van der Waals surface area contributed by atoms with Crippen molar-refractivity contribution in [3.05, 3.63) is 54.1 Å². The molecule has 6 nitrogen and oxygen atoms in total. The van der Waals surface area contributed by atoms with Crippen molar-refractivity contribution in [2.45, 2.75) is 5.92 Å². The van der Waals surface area contributed by atoms with Crippen LogP contribution in [0.1, 0.15) is 11.5 Å². The minimum atomic E-state index is -3.42. The summed E-state index contributed by atoms with van der Waals surface area (Å²) < 4.78 is 30.2. The van der Waals surface area contributed by atoms with Gasteiger partial charge in [-0.25, -0.2) is 8.42 Å². The molecule has 0 bridgehead atoms. The summed E-state index contributed by atoms with van der Waals surface area (Å²) in [4.78, 5) is 12.6. The average Bonchev–Trinajstić information content (AvgIpc) is 2.98. The average molecular weight is 346 g/mol. The molecule has 2 aromatic rings. The van der Waals surface area contributed by atoms with Crippen LogP contribution in [0.3, 0.4) is 0 Å². The number of benzene rings is 2. The van der Waals surface area contributed by atoms with E-state index in [1.54, 1.807) is 24.3 Å². The number of fused-ring (bicyclic) bond motifs is 1. The maximum absolute atomic E-state index is 12.6. The third kappa shape index (κ3) is 3.07. The summed E-state index contributed by atoms with van der Waals surface area (Å²) in [5.41, 5.74) is 1.70. The van der Waals surface area contributed by atoms with Gasteiger partial charge in [-0.15, -0.1) is 0 Å². The topological polar surface area (TPSA) is 75.7 Å². The standard InChI is InChI=1S/C17H18N2O4S/c1-19(24(2,21)22)15-9-5-4-8-14(15)18-17(20)13-11-23-16-10-6-3-7-12(13)16/h3-10,13H,11H2,1-2H3,(H,18,20)/t13-/m0/s1. The Balaban J connectivity index is 1.86. The van der Waals surface area contributed by atoms with Crippen molar-refractivity contribution in [1.82, 2.24) is 0 Å². The smallest absolute Gasteiger partial charge is 0.235 e. The first-order valence-electron chi connectivity index (χ1n) is 7.43. The van der Waals surface area contributed by atoms with E-state index in [1.165, 1.54) is 7.05 Å². The molecule has 0 aliphatic carbocycles. The van der Waals surface area contributed by atoms with Crippen LogP contribution in [0.15, 0.2) is 48.5 Å². The van der Waals surface area contributed by atoms with Crippen LogP contribution in [-0.2, 0) is 14.8 Å². The summed E-state index contributed by atoms with van der Waals surface area (Å²) in [5.74, 6) is 0.0614. The second-order valence-corrected chi connectivity index (χ2v) is 7.65. The van der Waals surface area contributed by atoms with E-state index in [9.17, 15) is 13.2 Å². The lowest BCUT2D eigenvalue weighted by molar-refractivity contribution is -0.117. The molecular formula is C17H18N2O4S. The molecule has 0 saturated heterocycles. The Kier molecular flexibility index (Phi) is 4.19. The van der Waals surface area contributed by atoms with E-state index in [1.807, 2.05) is 24.3 Å². The molecule has 0 unspecified atom stereocenters. The van der Waals surface area contributed by atoms with Crippen molar-refractivity contribution < 1.29 is 17.9 Å². The van der Waals surface area contributed by atoms with Crippen LogP contribution in [0.25, 0.3) is 0 Å². The van der Waals surface area contributed by atoms with E-state index in [4.69, 9.17) is 4.74 Å². The molecule has 0 fully saturated rings. The Labute approximate surface area is 141 Å². The molecule has 0 aromatic heterocycles. The van der Waals surface area contributed by atoms with Gasteiger partial charge in [-0.3, -0.25) is 9.10 Å².